The summed E-state index contributed by atoms with van der Waals surface area (Å²) in [4.78, 5) is 14.0. The number of amides is 1. The van der Waals surface area contributed by atoms with Crippen LogP contribution in [0.25, 0.3) is 0 Å². The van der Waals surface area contributed by atoms with E-state index < -0.39 is 10.0 Å². The highest BCUT2D eigenvalue weighted by Crippen LogP contribution is 2.16. The molecule has 1 amide bonds. The smallest absolute Gasteiger partial charge is 0.250 e. The molecule has 0 fully saturated rings. The number of thiophene rings is 1. The number of methoxy groups -OCH3 is 1. The van der Waals surface area contributed by atoms with Crippen LogP contribution in [0.2, 0.25) is 0 Å². The zero-order chi connectivity index (χ0) is 18.3. The van der Waals surface area contributed by atoms with Gasteiger partial charge < -0.3 is 9.64 Å². The van der Waals surface area contributed by atoms with Crippen molar-refractivity contribution in [2.75, 3.05) is 20.2 Å². The summed E-state index contributed by atoms with van der Waals surface area (Å²) in [6, 6.07) is 10.5. The van der Waals surface area contributed by atoms with E-state index in [0.29, 0.717) is 18.8 Å². The average Bonchev–Trinajstić information content (AvgIpc) is 3.15. The van der Waals surface area contributed by atoms with Crippen molar-refractivity contribution in [1.82, 2.24) is 9.62 Å². The Labute approximate surface area is 151 Å². The second-order valence-electron chi connectivity index (χ2n) is 5.17. The highest BCUT2D eigenvalue weighted by atomic mass is 32.2. The Balaban J connectivity index is 2.03. The number of benzene rings is 1. The molecule has 2 rings (SSSR count). The van der Waals surface area contributed by atoms with Gasteiger partial charge >= 0.3 is 0 Å². The first-order valence-electron chi connectivity index (χ1n) is 7.51. The van der Waals surface area contributed by atoms with Gasteiger partial charge in [0.1, 0.15) is 9.96 Å². The Kier molecular flexibility index (Phi) is 6.74. The van der Waals surface area contributed by atoms with Crippen LogP contribution >= 0.6 is 11.3 Å². The number of carbonyl (C=O) groups excluding carboxylic acids is 1. The van der Waals surface area contributed by atoms with Crippen LogP contribution in [-0.2, 0) is 21.4 Å². The molecule has 8 heteroatoms. The molecule has 0 saturated heterocycles. The molecule has 2 aromatic rings. The maximum Gasteiger partial charge on any atom is 0.250 e. The van der Waals surface area contributed by atoms with E-state index in [1.165, 1.54) is 11.0 Å². The molecule has 25 heavy (non-hydrogen) atoms. The summed E-state index contributed by atoms with van der Waals surface area (Å²) in [5.74, 6) is 0.366. The summed E-state index contributed by atoms with van der Waals surface area (Å²) in [5, 5.41) is 1.67. The Morgan fingerprint density at radius 2 is 2.16 bits per heavy atom. The van der Waals surface area contributed by atoms with E-state index in [-0.39, 0.29) is 16.7 Å². The van der Waals surface area contributed by atoms with Crippen LogP contribution in [0.5, 0.6) is 5.75 Å². The predicted molar refractivity (Wildman–Crippen MR) is 98.1 cm³/mol. The molecule has 1 aromatic carbocycles. The van der Waals surface area contributed by atoms with Crippen LogP contribution in [0.4, 0.5) is 0 Å². The first-order valence-corrected chi connectivity index (χ1v) is 9.87. The van der Waals surface area contributed by atoms with E-state index in [1.54, 1.807) is 24.6 Å². The fourth-order valence-corrected chi connectivity index (χ4v) is 4.17. The van der Waals surface area contributed by atoms with Gasteiger partial charge in [-0.15, -0.1) is 17.9 Å². The normalized spacial score (nSPS) is 11.1. The van der Waals surface area contributed by atoms with Gasteiger partial charge in [-0.1, -0.05) is 24.3 Å². The molecule has 1 heterocycles. The van der Waals surface area contributed by atoms with Gasteiger partial charge in [-0.3, -0.25) is 4.79 Å². The number of sulfonamides is 1. The fourth-order valence-electron chi connectivity index (χ4n) is 2.16. The molecule has 0 bridgehead atoms. The number of hydrogen-bond acceptors (Lipinski definition) is 5. The van der Waals surface area contributed by atoms with E-state index in [2.05, 4.69) is 11.3 Å². The zero-order valence-electron chi connectivity index (χ0n) is 13.8. The van der Waals surface area contributed by atoms with Crippen LogP contribution in [0, 0.1) is 0 Å². The third kappa shape index (κ3) is 5.42. The molecule has 0 aliphatic rings. The van der Waals surface area contributed by atoms with Crippen molar-refractivity contribution in [3.63, 3.8) is 0 Å². The second kappa shape index (κ2) is 8.80. The molecule has 0 saturated carbocycles. The molecule has 0 aliphatic carbocycles. The van der Waals surface area contributed by atoms with Crippen molar-refractivity contribution >= 4 is 27.3 Å². The van der Waals surface area contributed by atoms with Crippen LogP contribution in [0.15, 0.2) is 58.6 Å². The van der Waals surface area contributed by atoms with Gasteiger partial charge in [0.15, 0.2) is 0 Å². The number of nitrogens with one attached hydrogen (secondary N) is 1. The first kappa shape index (κ1) is 19.2. The summed E-state index contributed by atoms with van der Waals surface area (Å²) < 4.78 is 31.9. The summed E-state index contributed by atoms with van der Waals surface area (Å²) in [6.45, 7) is 4.00. The molecule has 6 nitrogen and oxygen atoms in total. The standard InChI is InChI=1S/C17H20N2O4S2/c1-3-9-19(13-14-6-4-7-15(11-14)23-2)16(20)12-18-25(21,22)17-8-5-10-24-17/h3-8,10-11,18H,1,9,12-13H2,2H3. The molecule has 1 aromatic heterocycles. The van der Waals surface area contributed by atoms with E-state index in [9.17, 15) is 13.2 Å². The molecule has 0 aliphatic heterocycles. The van der Waals surface area contributed by atoms with Crippen LogP contribution in [0.3, 0.4) is 0 Å². The lowest BCUT2D eigenvalue weighted by Gasteiger charge is -2.21. The van der Waals surface area contributed by atoms with Crippen molar-refractivity contribution in [3.05, 3.63) is 60.0 Å². The molecule has 134 valence electrons. The molecule has 0 spiro atoms. The van der Waals surface area contributed by atoms with Gasteiger partial charge in [0.2, 0.25) is 5.91 Å². The van der Waals surface area contributed by atoms with Crippen molar-refractivity contribution in [1.29, 1.82) is 0 Å². The fraction of sp³-hybridized carbons (Fsp3) is 0.235. The second-order valence-corrected chi connectivity index (χ2v) is 8.11. The van der Waals surface area contributed by atoms with Crippen molar-refractivity contribution in [3.8, 4) is 5.75 Å². The predicted octanol–water partition coefficient (Wildman–Crippen LogP) is 2.25. The summed E-state index contributed by atoms with van der Waals surface area (Å²) in [5.41, 5.74) is 0.885. The SMILES string of the molecule is C=CCN(Cc1cccc(OC)c1)C(=O)CNS(=O)(=O)c1cccs1. The van der Waals surface area contributed by atoms with Gasteiger partial charge in [0.25, 0.3) is 10.0 Å². The third-order valence-corrected chi connectivity index (χ3v) is 6.18. The van der Waals surface area contributed by atoms with Gasteiger partial charge in [-0.25, -0.2) is 13.1 Å². The quantitative estimate of drug-likeness (QED) is 0.677. The van der Waals surface area contributed by atoms with Crippen LogP contribution in [0.1, 0.15) is 5.56 Å². The molecule has 0 radical (unpaired) electrons. The van der Waals surface area contributed by atoms with E-state index in [4.69, 9.17) is 4.74 Å². The lowest BCUT2D eigenvalue weighted by molar-refractivity contribution is -0.130. The zero-order valence-corrected chi connectivity index (χ0v) is 15.5. The molecular weight excluding hydrogens is 360 g/mol. The van der Waals surface area contributed by atoms with Crippen LogP contribution < -0.4 is 9.46 Å². The van der Waals surface area contributed by atoms with E-state index in [1.807, 2.05) is 24.3 Å². The number of nitrogens with zero attached hydrogens (tertiary/aromatic N) is 1. The van der Waals surface area contributed by atoms with Crippen molar-refractivity contribution in [2.45, 2.75) is 10.8 Å². The summed E-state index contributed by atoms with van der Waals surface area (Å²) in [7, 11) is -2.09. The highest BCUT2D eigenvalue weighted by Gasteiger charge is 2.19. The minimum absolute atomic E-state index is 0.184. The van der Waals surface area contributed by atoms with Gasteiger partial charge in [-0.2, -0.15) is 0 Å². The molecule has 0 atom stereocenters. The largest absolute Gasteiger partial charge is 0.497 e. The van der Waals surface area contributed by atoms with Gasteiger partial charge in [0.05, 0.1) is 13.7 Å². The lowest BCUT2D eigenvalue weighted by atomic mass is 10.2. The first-order chi connectivity index (χ1) is 12.0. The number of rotatable bonds is 9. The van der Waals surface area contributed by atoms with E-state index >= 15 is 0 Å². The lowest BCUT2D eigenvalue weighted by Crippen LogP contribution is -2.39. The minimum atomic E-state index is -3.67. The van der Waals surface area contributed by atoms with Gasteiger partial charge in [-0.05, 0) is 29.1 Å². The average molecular weight is 380 g/mol. The van der Waals surface area contributed by atoms with Gasteiger partial charge in [0, 0.05) is 13.1 Å². The summed E-state index contributed by atoms with van der Waals surface area (Å²) in [6.07, 6.45) is 1.60. The topological polar surface area (TPSA) is 75.7 Å². The Morgan fingerprint density at radius 3 is 2.80 bits per heavy atom. The Morgan fingerprint density at radius 1 is 1.36 bits per heavy atom. The minimum Gasteiger partial charge on any atom is -0.497 e. The Hall–Kier alpha value is -2.16. The summed E-state index contributed by atoms with van der Waals surface area (Å²) >= 11 is 1.10. The maximum absolute atomic E-state index is 12.4. The number of ether oxygens (including phenoxy) is 1. The number of carbonyl (C=O) groups is 1. The third-order valence-electron chi connectivity index (χ3n) is 3.38. The molecule has 1 N–H and O–H groups in total. The molecular formula is C17H20N2O4S2. The highest BCUT2D eigenvalue weighted by molar-refractivity contribution is 7.91. The van der Waals surface area contributed by atoms with Crippen LogP contribution in [-0.4, -0.2) is 39.4 Å². The maximum atomic E-state index is 12.4. The monoisotopic (exact) mass is 380 g/mol. The van der Waals surface area contributed by atoms with Crippen molar-refractivity contribution in [2.24, 2.45) is 0 Å². The van der Waals surface area contributed by atoms with E-state index in [0.717, 1.165) is 16.9 Å². The number of hydrogen-bond donors (Lipinski definition) is 1. The molecule has 0 unspecified atom stereocenters. The Bertz CT molecular complexity index is 817. The van der Waals surface area contributed by atoms with Crippen molar-refractivity contribution < 1.29 is 17.9 Å².